The summed E-state index contributed by atoms with van der Waals surface area (Å²) < 4.78 is 0. The second-order valence-electron chi connectivity index (χ2n) is 8.21. The number of fused-ring (bicyclic) bond motifs is 1. The van der Waals surface area contributed by atoms with Gasteiger partial charge in [0.25, 0.3) is 5.91 Å². The highest BCUT2D eigenvalue weighted by atomic mass is 32.2. The molecule has 0 radical (unpaired) electrons. The number of aromatic nitrogens is 1. The number of nitrogens with zero attached hydrogens (tertiary/aromatic N) is 2. The van der Waals surface area contributed by atoms with Crippen LogP contribution in [0.3, 0.4) is 0 Å². The number of hydrogen-bond donors (Lipinski definition) is 1. The third-order valence-corrected chi connectivity index (χ3v) is 7.01. The van der Waals surface area contributed by atoms with Crippen LogP contribution in [0.2, 0.25) is 0 Å². The normalized spacial score (nSPS) is 17.9. The predicted octanol–water partition coefficient (Wildman–Crippen LogP) is 5.31. The SMILES string of the molecule is CCCCCC(CCC)Nc1ncc(C(=O)N2CCSCC2)c2c1CCCC2. The summed E-state index contributed by atoms with van der Waals surface area (Å²) in [6.07, 6.45) is 13.8. The van der Waals surface area contributed by atoms with Crippen molar-refractivity contribution >= 4 is 23.5 Å². The molecule has 1 aliphatic carbocycles. The van der Waals surface area contributed by atoms with E-state index in [2.05, 4.69) is 19.2 Å². The number of anilines is 1. The van der Waals surface area contributed by atoms with Gasteiger partial charge in [-0.15, -0.1) is 0 Å². The van der Waals surface area contributed by atoms with Gasteiger partial charge in [0.05, 0.1) is 5.56 Å². The highest BCUT2D eigenvalue weighted by Crippen LogP contribution is 2.31. The Morgan fingerprint density at radius 1 is 1.11 bits per heavy atom. The zero-order chi connectivity index (χ0) is 19.8. The van der Waals surface area contributed by atoms with E-state index in [0.717, 1.165) is 48.8 Å². The Balaban J connectivity index is 1.79. The molecule has 2 heterocycles. The first-order valence-corrected chi connectivity index (χ1v) is 12.5. The summed E-state index contributed by atoms with van der Waals surface area (Å²) in [5.74, 6) is 3.36. The Kier molecular flexibility index (Phi) is 8.50. The minimum Gasteiger partial charge on any atom is -0.367 e. The van der Waals surface area contributed by atoms with Crippen molar-refractivity contribution in [3.05, 3.63) is 22.9 Å². The molecule has 1 unspecified atom stereocenters. The average Bonchev–Trinajstić information content (AvgIpc) is 2.74. The van der Waals surface area contributed by atoms with Gasteiger partial charge in [0.15, 0.2) is 0 Å². The van der Waals surface area contributed by atoms with E-state index in [1.165, 1.54) is 62.5 Å². The van der Waals surface area contributed by atoms with Crippen molar-refractivity contribution in [2.45, 2.75) is 84.1 Å². The number of pyridine rings is 1. The minimum absolute atomic E-state index is 0.200. The third-order valence-electron chi connectivity index (χ3n) is 6.06. The van der Waals surface area contributed by atoms with Crippen LogP contribution >= 0.6 is 11.8 Å². The van der Waals surface area contributed by atoms with Gasteiger partial charge in [0.2, 0.25) is 0 Å². The van der Waals surface area contributed by atoms with Gasteiger partial charge in [-0.1, -0.05) is 39.5 Å². The monoisotopic (exact) mass is 403 g/mol. The van der Waals surface area contributed by atoms with E-state index in [4.69, 9.17) is 4.98 Å². The van der Waals surface area contributed by atoms with Crippen LogP contribution in [0, 0.1) is 0 Å². The fourth-order valence-corrected chi connectivity index (χ4v) is 5.37. The molecule has 1 fully saturated rings. The highest BCUT2D eigenvalue weighted by molar-refractivity contribution is 7.99. The van der Waals surface area contributed by atoms with Gasteiger partial charge in [-0.3, -0.25) is 4.79 Å². The zero-order valence-electron chi connectivity index (χ0n) is 17.8. The molecule has 1 aromatic rings. The van der Waals surface area contributed by atoms with Gasteiger partial charge in [0.1, 0.15) is 5.82 Å². The standard InChI is InChI=1S/C23H37N3OS/c1-3-5-6-10-18(9-4-2)25-22-20-12-8-7-11-19(20)21(17-24-22)23(27)26-13-15-28-16-14-26/h17-18H,3-16H2,1-2H3,(H,24,25). The molecule has 28 heavy (non-hydrogen) atoms. The smallest absolute Gasteiger partial charge is 0.255 e. The Labute approximate surface area is 175 Å². The topological polar surface area (TPSA) is 45.2 Å². The van der Waals surface area contributed by atoms with Crippen molar-refractivity contribution in [3.63, 3.8) is 0 Å². The minimum atomic E-state index is 0.200. The number of carbonyl (C=O) groups is 1. The molecule has 0 aromatic carbocycles. The largest absolute Gasteiger partial charge is 0.367 e. The summed E-state index contributed by atoms with van der Waals surface area (Å²) in [4.78, 5) is 20.0. The van der Waals surface area contributed by atoms with E-state index < -0.39 is 0 Å². The summed E-state index contributed by atoms with van der Waals surface area (Å²) >= 11 is 1.94. The van der Waals surface area contributed by atoms with Crippen LogP contribution in [0.25, 0.3) is 0 Å². The van der Waals surface area contributed by atoms with E-state index in [0.29, 0.717) is 6.04 Å². The highest BCUT2D eigenvalue weighted by Gasteiger charge is 2.26. The van der Waals surface area contributed by atoms with E-state index in [-0.39, 0.29) is 5.91 Å². The second kappa shape index (κ2) is 11.1. The maximum atomic E-state index is 13.1. The predicted molar refractivity (Wildman–Crippen MR) is 121 cm³/mol. The van der Waals surface area contributed by atoms with Gasteiger partial charge in [-0.25, -0.2) is 4.98 Å². The third kappa shape index (κ3) is 5.43. The fourth-order valence-electron chi connectivity index (χ4n) is 4.47. The summed E-state index contributed by atoms with van der Waals surface area (Å²) in [5, 5.41) is 3.77. The lowest BCUT2D eigenvalue weighted by molar-refractivity contribution is 0.0770. The van der Waals surface area contributed by atoms with Crippen LogP contribution in [0.1, 0.15) is 86.7 Å². The molecule has 4 nitrogen and oxygen atoms in total. The van der Waals surface area contributed by atoms with Crippen LogP contribution < -0.4 is 5.32 Å². The number of amides is 1. The quantitative estimate of drug-likeness (QED) is 0.568. The molecule has 0 saturated carbocycles. The van der Waals surface area contributed by atoms with Gasteiger partial charge in [-0.2, -0.15) is 11.8 Å². The fraction of sp³-hybridized carbons (Fsp3) is 0.739. The molecule has 1 aliphatic heterocycles. The van der Waals surface area contributed by atoms with Gasteiger partial charge in [0, 0.05) is 36.8 Å². The molecule has 1 amide bonds. The number of thioether (sulfide) groups is 1. The van der Waals surface area contributed by atoms with Crippen LogP contribution in [-0.2, 0) is 12.8 Å². The Morgan fingerprint density at radius 2 is 1.86 bits per heavy atom. The Hall–Kier alpha value is -1.23. The van der Waals surface area contributed by atoms with Crippen molar-refractivity contribution in [3.8, 4) is 0 Å². The maximum Gasteiger partial charge on any atom is 0.255 e. The van der Waals surface area contributed by atoms with Crippen LogP contribution in [0.5, 0.6) is 0 Å². The van der Waals surface area contributed by atoms with E-state index in [1.807, 2.05) is 22.9 Å². The van der Waals surface area contributed by atoms with Gasteiger partial charge in [-0.05, 0) is 49.7 Å². The van der Waals surface area contributed by atoms with Crippen molar-refractivity contribution in [2.75, 3.05) is 29.9 Å². The summed E-state index contributed by atoms with van der Waals surface area (Å²) in [6, 6.07) is 0.496. The maximum absolute atomic E-state index is 13.1. The van der Waals surface area contributed by atoms with E-state index >= 15 is 0 Å². The Morgan fingerprint density at radius 3 is 2.57 bits per heavy atom. The van der Waals surface area contributed by atoms with E-state index in [9.17, 15) is 4.79 Å². The van der Waals surface area contributed by atoms with Gasteiger partial charge >= 0.3 is 0 Å². The molecule has 1 N–H and O–H groups in total. The van der Waals surface area contributed by atoms with E-state index in [1.54, 1.807) is 0 Å². The Bertz CT molecular complexity index is 643. The van der Waals surface area contributed by atoms with Crippen molar-refractivity contribution in [2.24, 2.45) is 0 Å². The second-order valence-corrected chi connectivity index (χ2v) is 9.44. The number of hydrogen-bond acceptors (Lipinski definition) is 4. The first-order chi connectivity index (χ1) is 13.7. The molecule has 0 spiro atoms. The molecule has 1 saturated heterocycles. The lowest BCUT2D eigenvalue weighted by Gasteiger charge is -2.29. The molecular weight excluding hydrogens is 366 g/mol. The first-order valence-electron chi connectivity index (χ1n) is 11.4. The van der Waals surface area contributed by atoms with Crippen molar-refractivity contribution in [1.82, 2.24) is 9.88 Å². The van der Waals surface area contributed by atoms with Crippen LogP contribution in [-0.4, -0.2) is 46.4 Å². The molecule has 3 rings (SSSR count). The summed E-state index contributed by atoms with van der Waals surface area (Å²) in [7, 11) is 0. The molecule has 156 valence electrons. The summed E-state index contributed by atoms with van der Waals surface area (Å²) in [5.41, 5.74) is 3.46. The molecular formula is C23H37N3OS. The molecule has 1 aromatic heterocycles. The average molecular weight is 404 g/mol. The number of rotatable bonds is 9. The molecule has 5 heteroatoms. The number of carbonyl (C=O) groups excluding carboxylic acids is 1. The summed E-state index contributed by atoms with van der Waals surface area (Å²) in [6.45, 7) is 6.26. The number of unbranched alkanes of at least 4 members (excludes halogenated alkanes) is 2. The molecule has 0 bridgehead atoms. The zero-order valence-corrected chi connectivity index (χ0v) is 18.6. The van der Waals surface area contributed by atoms with Crippen LogP contribution in [0.4, 0.5) is 5.82 Å². The van der Waals surface area contributed by atoms with Crippen LogP contribution in [0.15, 0.2) is 6.20 Å². The molecule has 2 aliphatic rings. The first kappa shape index (κ1) is 21.5. The van der Waals surface area contributed by atoms with Crippen molar-refractivity contribution < 1.29 is 4.79 Å². The lowest BCUT2D eigenvalue weighted by atomic mass is 9.88. The lowest BCUT2D eigenvalue weighted by Crippen LogP contribution is -2.38. The molecule has 1 atom stereocenters. The van der Waals surface area contributed by atoms with Gasteiger partial charge < -0.3 is 10.2 Å². The van der Waals surface area contributed by atoms with Crippen molar-refractivity contribution in [1.29, 1.82) is 0 Å². The number of nitrogens with one attached hydrogen (secondary N) is 1.